The van der Waals surface area contributed by atoms with Crippen LogP contribution in [0.15, 0.2) is 0 Å². The molecule has 2 heterocycles. The lowest BCUT2D eigenvalue weighted by atomic mass is 9.91. The number of rotatable bonds is 3. The van der Waals surface area contributed by atoms with Crippen molar-refractivity contribution in [1.82, 2.24) is 10.6 Å². The van der Waals surface area contributed by atoms with Gasteiger partial charge in [0.25, 0.3) is 0 Å². The minimum atomic E-state index is -0.119. The summed E-state index contributed by atoms with van der Waals surface area (Å²) in [6, 6.07) is 0. The van der Waals surface area contributed by atoms with Gasteiger partial charge in [0.1, 0.15) is 0 Å². The Kier molecular flexibility index (Phi) is 3.10. The molecule has 102 valence electrons. The zero-order valence-electron chi connectivity index (χ0n) is 11.3. The van der Waals surface area contributed by atoms with E-state index in [-0.39, 0.29) is 17.4 Å². The first-order valence-corrected chi connectivity index (χ1v) is 7.26. The van der Waals surface area contributed by atoms with Gasteiger partial charge in [0.05, 0.1) is 5.60 Å². The molecule has 4 heteroatoms. The van der Waals surface area contributed by atoms with Crippen LogP contribution in [0, 0.1) is 11.3 Å². The number of carbonyl (C=O) groups is 1. The fourth-order valence-electron chi connectivity index (χ4n) is 3.57. The van der Waals surface area contributed by atoms with E-state index in [1.165, 1.54) is 12.8 Å². The average Bonchev–Trinajstić information content (AvgIpc) is 2.88. The molecule has 1 aliphatic carbocycles. The van der Waals surface area contributed by atoms with Crippen molar-refractivity contribution in [2.75, 3.05) is 26.2 Å². The van der Waals surface area contributed by atoms with Crippen LogP contribution in [0.2, 0.25) is 0 Å². The van der Waals surface area contributed by atoms with E-state index in [2.05, 4.69) is 17.6 Å². The molecule has 1 spiro atoms. The van der Waals surface area contributed by atoms with E-state index in [0.29, 0.717) is 12.0 Å². The Morgan fingerprint density at radius 1 is 1.39 bits per heavy atom. The van der Waals surface area contributed by atoms with Crippen molar-refractivity contribution in [2.24, 2.45) is 11.3 Å². The zero-order chi connectivity index (χ0) is 12.6. The van der Waals surface area contributed by atoms with Crippen LogP contribution in [0.25, 0.3) is 0 Å². The smallest absolute Gasteiger partial charge is 0.223 e. The summed E-state index contributed by atoms with van der Waals surface area (Å²) in [4.78, 5) is 12.2. The van der Waals surface area contributed by atoms with Crippen LogP contribution in [0.1, 0.15) is 39.0 Å². The Hall–Kier alpha value is -0.610. The highest BCUT2D eigenvalue weighted by molar-refractivity contribution is 5.82. The highest BCUT2D eigenvalue weighted by Gasteiger charge is 2.57. The molecule has 1 amide bonds. The van der Waals surface area contributed by atoms with Crippen LogP contribution in [-0.4, -0.2) is 37.7 Å². The summed E-state index contributed by atoms with van der Waals surface area (Å²) in [6.07, 6.45) is 5.61. The molecule has 3 rings (SSSR count). The highest BCUT2D eigenvalue weighted by atomic mass is 16.5. The lowest BCUT2D eigenvalue weighted by molar-refractivity contribution is -0.124. The minimum Gasteiger partial charge on any atom is -0.373 e. The second-order valence-corrected chi connectivity index (χ2v) is 6.49. The van der Waals surface area contributed by atoms with E-state index in [1.54, 1.807) is 0 Å². The van der Waals surface area contributed by atoms with E-state index < -0.39 is 0 Å². The third-order valence-corrected chi connectivity index (χ3v) is 5.04. The second kappa shape index (κ2) is 4.49. The van der Waals surface area contributed by atoms with Gasteiger partial charge in [0, 0.05) is 19.1 Å². The van der Waals surface area contributed by atoms with Gasteiger partial charge < -0.3 is 15.4 Å². The summed E-state index contributed by atoms with van der Waals surface area (Å²) in [5, 5.41) is 6.49. The SMILES string of the molecule is CC1(CNC(=O)C2CC23CCNCC3)CCCO1. The van der Waals surface area contributed by atoms with Crippen molar-refractivity contribution in [3.63, 3.8) is 0 Å². The largest absolute Gasteiger partial charge is 0.373 e. The summed E-state index contributed by atoms with van der Waals surface area (Å²) in [6.45, 7) is 5.77. The number of hydrogen-bond acceptors (Lipinski definition) is 3. The lowest BCUT2D eigenvalue weighted by Gasteiger charge is -2.25. The van der Waals surface area contributed by atoms with Gasteiger partial charge in [-0.3, -0.25) is 4.79 Å². The van der Waals surface area contributed by atoms with Gasteiger partial charge in [-0.1, -0.05) is 0 Å². The third kappa shape index (κ3) is 2.28. The maximum absolute atomic E-state index is 12.2. The molecule has 0 aromatic rings. The fraction of sp³-hybridized carbons (Fsp3) is 0.929. The van der Waals surface area contributed by atoms with Gasteiger partial charge in [-0.2, -0.15) is 0 Å². The molecule has 2 aliphatic heterocycles. The second-order valence-electron chi connectivity index (χ2n) is 6.49. The number of hydrogen-bond donors (Lipinski definition) is 2. The van der Waals surface area contributed by atoms with Crippen LogP contribution in [0.4, 0.5) is 0 Å². The Balaban J connectivity index is 1.48. The number of nitrogens with one attached hydrogen (secondary N) is 2. The fourth-order valence-corrected chi connectivity index (χ4v) is 3.57. The minimum absolute atomic E-state index is 0.119. The number of carbonyl (C=O) groups excluding carboxylic acids is 1. The van der Waals surface area contributed by atoms with Crippen molar-refractivity contribution >= 4 is 5.91 Å². The van der Waals surface area contributed by atoms with Gasteiger partial charge in [0.2, 0.25) is 5.91 Å². The predicted octanol–water partition coefficient (Wildman–Crippen LogP) is 1.06. The normalized spacial score (nSPS) is 37.7. The first-order valence-electron chi connectivity index (χ1n) is 7.26. The standard InChI is InChI=1S/C14H24N2O2/c1-13(3-2-8-18-13)10-16-12(17)11-9-14(11)4-6-15-7-5-14/h11,15H,2-10H2,1H3,(H,16,17). The first kappa shape index (κ1) is 12.4. The van der Waals surface area contributed by atoms with E-state index in [4.69, 9.17) is 4.74 Å². The molecule has 0 radical (unpaired) electrons. The molecule has 2 unspecified atom stereocenters. The Labute approximate surface area is 109 Å². The van der Waals surface area contributed by atoms with Crippen LogP contribution in [0.5, 0.6) is 0 Å². The Bertz CT molecular complexity index is 331. The molecule has 0 bridgehead atoms. The molecular weight excluding hydrogens is 228 g/mol. The molecule has 2 N–H and O–H groups in total. The molecule has 2 atom stereocenters. The van der Waals surface area contributed by atoms with Gasteiger partial charge in [-0.25, -0.2) is 0 Å². The van der Waals surface area contributed by atoms with E-state index in [9.17, 15) is 4.79 Å². The monoisotopic (exact) mass is 252 g/mol. The average molecular weight is 252 g/mol. The van der Waals surface area contributed by atoms with E-state index in [1.807, 2.05) is 0 Å². The van der Waals surface area contributed by atoms with Crippen LogP contribution < -0.4 is 10.6 Å². The first-order chi connectivity index (χ1) is 8.64. The molecule has 0 aromatic carbocycles. The Morgan fingerprint density at radius 3 is 2.83 bits per heavy atom. The van der Waals surface area contributed by atoms with Gasteiger partial charge in [0.15, 0.2) is 0 Å². The molecule has 4 nitrogen and oxygen atoms in total. The molecule has 0 aromatic heterocycles. The summed E-state index contributed by atoms with van der Waals surface area (Å²) in [5.74, 6) is 0.526. The van der Waals surface area contributed by atoms with Crippen molar-refractivity contribution < 1.29 is 9.53 Å². The molecular formula is C14H24N2O2. The van der Waals surface area contributed by atoms with Crippen LogP contribution in [0.3, 0.4) is 0 Å². The molecule has 18 heavy (non-hydrogen) atoms. The van der Waals surface area contributed by atoms with E-state index in [0.717, 1.165) is 39.0 Å². The van der Waals surface area contributed by atoms with Crippen molar-refractivity contribution in [3.05, 3.63) is 0 Å². The third-order valence-electron chi connectivity index (χ3n) is 5.04. The molecule has 2 saturated heterocycles. The van der Waals surface area contributed by atoms with Gasteiger partial charge in [-0.15, -0.1) is 0 Å². The number of ether oxygens (including phenoxy) is 1. The van der Waals surface area contributed by atoms with Crippen molar-refractivity contribution in [3.8, 4) is 0 Å². The maximum Gasteiger partial charge on any atom is 0.223 e. The maximum atomic E-state index is 12.2. The topological polar surface area (TPSA) is 50.4 Å². The summed E-state index contributed by atoms with van der Waals surface area (Å²) in [5.41, 5.74) is 0.221. The molecule has 3 fully saturated rings. The Morgan fingerprint density at radius 2 is 2.17 bits per heavy atom. The van der Waals surface area contributed by atoms with Crippen LogP contribution >= 0.6 is 0 Å². The number of piperidine rings is 1. The van der Waals surface area contributed by atoms with Gasteiger partial charge >= 0.3 is 0 Å². The summed E-state index contributed by atoms with van der Waals surface area (Å²) in [7, 11) is 0. The van der Waals surface area contributed by atoms with Crippen molar-refractivity contribution in [1.29, 1.82) is 0 Å². The van der Waals surface area contributed by atoms with Crippen LogP contribution in [-0.2, 0) is 9.53 Å². The highest BCUT2D eigenvalue weighted by Crippen LogP contribution is 2.58. The number of amides is 1. The molecule has 3 aliphatic rings. The van der Waals surface area contributed by atoms with Gasteiger partial charge in [-0.05, 0) is 57.5 Å². The molecule has 1 saturated carbocycles. The lowest BCUT2D eigenvalue weighted by Crippen LogP contribution is -2.42. The quantitative estimate of drug-likeness (QED) is 0.789. The summed E-state index contributed by atoms with van der Waals surface area (Å²) < 4.78 is 5.70. The van der Waals surface area contributed by atoms with E-state index >= 15 is 0 Å². The summed E-state index contributed by atoms with van der Waals surface area (Å²) >= 11 is 0. The zero-order valence-corrected chi connectivity index (χ0v) is 11.3. The predicted molar refractivity (Wildman–Crippen MR) is 69.2 cm³/mol. The van der Waals surface area contributed by atoms with Crippen molar-refractivity contribution in [2.45, 2.75) is 44.6 Å².